The van der Waals surface area contributed by atoms with Crippen LogP contribution in [0.3, 0.4) is 0 Å². The first kappa shape index (κ1) is 16.7. The number of thiophene rings is 1. The summed E-state index contributed by atoms with van der Waals surface area (Å²) in [5.41, 5.74) is 1.67. The van der Waals surface area contributed by atoms with Gasteiger partial charge >= 0.3 is 0 Å². The first-order valence-corrected chi connectivity index (χ1v) is 10.2. The quantitative estimate of drug-likeness (QED) is 0.826. The number of hydrogen-bond donors (Lipinski definition) is 1. The Bertz CT molecular complexity index is 688. The van der Waals surface area contributed by atoms with Crippen molar-refractivity contribution in [2.45, 2.75) is 63.7 Å². The molecule has 2 fully saturated rings. The maximum atomic E-state index is 12.9. The first-order chi connectivity index (χ1) is 12.3. The van der Waals surface area contributed by atoms with E-state index in [-0.39, 0.29) is 5.91 Å². The summed E-state index contributed by atoms with van der Waals surface area (Å²) in [6, 6.07) is 3.02. The number of amides is 1. The van der Waals surface area contributed by atoms with E-state index in [0.717, 1.165) is 32.4 Å². The largest absolute Gasteiger partial charge is 0.330 e. The molecule has 1 aliphatic carbocycles. The normalized spacial score (nSPS) is 20.6. The molecule has 0 unspecified atom stereocenters. The fourth-order valence-corrected chi connectivity index (χ4v) is 4.10. The van der Waals surface area contributed by atoms with Crippen molar-refractivity contribution in [3.63, 3.8) is 0 Å². The van der Waals surface area contributed by atoms with E-state index in [0.29, 0.717) is 24.3 Å². The van der Waals surface area contributed by atoms with Gasteiger partial charge in [-0.05, 0) is 61.0 Å². The van der Waals surface area contributed by atoms with E-state index < -0.39 is 0 Å². The van der Waals surface area contributed by atoms with Crippen LogP contribution in [0.2, 0.25) is 0 Å². The summed E-state index contributed by atoms with van der Waals surface area (Å²) in [4.78, 5) is 14.8. The highest BCUT2D eigenvalue weighted by atomic mass is 32.1. The maximum absolute atomic E-state index is 12.9. The van der Waals surface area contributed by atoms with Gasteiger partial charge in [-0.2, -0.15) is 11.3 Å². The molecule has 3 heterocycles. The standard InChI is InChI=1S/C18H25N5OS/c24-18(23(16-4-5-16)11-14-7-10-25-13-14)17-12-22(21-20-17)9-6-15-3-1-2-8-19-15/h7,10,12-13,15-16,19H,1-6,8-9,11H2/t15-/m1/s1. The number of carbonyl (C=O) groups is 1. The molecule has 2 aromatic heterocycles. The second kappa shape index (κ2) is 7.66. The summed E-state index contributed by atoms with van der Waals surface area (Å²) in [5, 5.41) is 16.0. The van der Waals surface area contributed by atoms with Crippen LogP contribution >= 0.6 is 11.3 Å². The van der Waals surface area contributed by atoms with Crippen LogP contribution in [0.15, 0.2) is 23.0 Å². The van der Waals surface area contributed by atoms with E-state index in [1.165, 1.54) is 24.8 Å². The summed E-state index contributed by atoms with van der Waals surface area (Å²) >= 11 is 1.67. The predicted octanol–water partition coefficient (Wildman–Crippen LogP) is 2.68. The zero-order valence-corrected chi connectivity index (χ0v) is 15.2. The average Bonchev–Trinajstić information content (AvgIpc) is 3.16. The SMILES string of the molecule is O=C(c1cn(CC[C@H]2CCCCN2)nn1)N(Cc1ccsc1)C1CC1. The summed E-state index contributed by atoms with van der Waals surface area (Å²) in [5.74, 6) is 0.00995. The topological polar surface area (TPSA) is 63.1 Å². The Labute approximate surface area is 152 Å². The molecule has 1 atom stereocenters. The highest BCUT2D eigenvalue weighted by Gasteiger charge is 2.34. The van der Waals surface area contributed by atoms with Gasteiger partial charge in [0.15, 0.2) is 5.69 Å². The molecular weight excluding hydrogens is 334 g/mol. The van der Waals surface area contributed by atoms with Crippen molar-refractivity contribution in [2.24, 2.45) is 0 Å². The van der Waals surface area contributed by atoms with E-state index in [1.54, 1.807) is 11.3 Å². The number of rotatable bonds is 7. The maximum Gasteiger partial charge on any atom is 0.276 e. The molecule has 0 radical (unpaired) electrons. The lowest BCUT2D eigenvalue weighted by Crippen LogP contribution is -2.34. The van der Waals surface area contributed by atoms with Crippen molar-refractivity contribution in [1.82, 2.24) is 25.2 Å². The third kappa shape index (κ3) is 4.27. The molecule has 1 saturated carbocycles. The summed E-state index contributed by atoms with van der Waals surface area (Å²) in [6.07, 6.45) is 8.86. The monoisotopic (exact) mass is 359 g/mol. The van der Waals surface area contributed by atoms with Gasteiger partial charge in [-0.15, -0.1) is 5.10 Å². The third-order valence-corrected chi connectivity index (χ3v) is 5.79. The van der Waals surface area contributed by atoms with Crippen LogP contribution in [0.1, 0.15) is 54.6 Å². The van der Waals surface area contributed by atoms with E-state index in [1.807, 2.05) is 15.8 Å². The van der Waals surface area contributed by atoms with Crippen molar-refractivity contribution in [1.29, 1.82) is 0 Å². The number of aromatic nitrogens is 3. The molecule has 4 rings (SSSR count). The van der Waals surface area contributed by atoms with Crippen molar-refractivity contribution in [3.05, 3.63) is 34.3 Å². The molecular formula is C18H25N5OS. The molecule has 6 nitrogen and oxygen atoms in total. The smallest absolute Gasteiger partial charge is 0.276 e. The van der Waals surface area contributed by atoms with Crippen LogP contribution < -0.4 is 5.32 Å². The summed E-state index contributed by atoms with van der Waals surface area (Å²) < 4.78 is 1.82. The van der Waals surface area contributed by atoms with Crippen LogP contribution in [-0.4, -0.2) is 44.4 Å². The Balaban J connectivity index is 1.37. The summed E-state index contributed by atoms with van der Waals surface area (Å²) in [7, 11) is 0. The molecule has 2 aliphatic rings. The van der Waals surface area contributed by atoms with Gasteiger partial charge < -0.3 is 10.2 Å². The van der Waals surface area contributed by atoms with E-state index >= 15 is 0 Å². The van der Waals surface area contributed by atoms with Gasteiger partial charge in [0.2, 0.25) is 0 Å². The van der Waals surface area contributed by atoms with Gasteiger partial charge in [-0.3, -0.25) is 9.48 Å². The minimum absolute atomic E-state index is 0.00995. The third-order valence-electron chi connectivity index (χ3n) is 5.06. The van der Waals surface area contributed by atoms with Crippen LogP contribution in [0.25, 0.3) is 0 Å². The number of nitrogens with one attached hydrogen (secondary N) is 1. The second-order valence-corrected chi connectivity index (χ2v) is 7.88. The van der Waals surface area contributed by atoms with Gasteiger partial charge in [0.1, 0.15) is 0 Å². The Morgan fingerprint density at radius 1 is 1.36 bits per heavy atom. The predicted molar refractivity (Wildman–Crippen MR) is 97.5 cm³/mol. The van der Waals surface area contributed by atoms with E-state index in [2.05, 4.69) is 32.5 Å². The zero-order chi connectivity index (χ0) is 17.1. The molecule has 2 aromatic rings. The van der Waals surface area contributed by atoms with Crippen LogP contribution in [-0.2, 0) is 13.1 Å². The fraction of sp³-hybridized carbons (Fsp3) is 0.611. The molecule has 0 bridgehead atoms. The Morgan fingerprint density at radius 3 is 3.00 bits per heavy atom. The van der Waals surface area contributed by atoms with Gasteiger partial charge in [0.25, 0.3) is 5.91 Å². The van der Waals surface area contributed by atoms with Gasteiger partial charge in [0.05, 0.1) is 6.20 Å². The van der Waals surface area contributed by atoms with Gasteiger partial charge in [-0.1, -0.05) is 11.6 Å². The minimum atomic E-state index is 0.00995. The summed E-state index contributed by atoms with van der Waals surface area (Å²) in [6.45, 7) is 2.60. The average molecular weight is 359 g/mol. The van der Waals surface area contributed by atoms with Gasteiger partial charge in [0, 0.05) is 25.2 Å². The Kier molecular flexibility index (Phi) is 5.12. The fourth-order valence-electron chi connectivity index (χ4n) is 3.44. The highest BCUT2D eigenvalue weighted by molar-refractivity contribution is 7.07. The van der Waals surface area contributed by atoms with Crippen molar-refractivity contribution in [3.8, 4) is 0 Å². The van der Waals surface area contributed by atoms with Crippen molar-refractivity contribution < 1.29 is 4.79 Å². The molecule has 1 saturated heterocycles. The minimum Gasteiger partial charge on any atom is -0.330 e. The molecule has 134 valence electrons. The highest BCUT2D eigenvalue weighted by Crippen LogP contribution is 2.30. The second-order valence-electron chi connectivity index (χ2n) is 7.10. The number of hydrogen-bond acceptors (Lipinski definition) is 5. The van der Waals surface area contributed by atoms with E-state index in [4.69, 9.17) is 0 Å². The lowest BCUT2D eigenvalue weighted by Gasteiger charge is -2.23. The molecule has 7 heteroatoms. The van der Waals surface area contributed by atoms with Crippen molar-refractivity contribution >= 4 is 17.2 Å². The Morgan fingerprint density at radius 2 is 2.28 bits per heavy atom. The first-order valence-electron chi connectivity index (χ1n) is 9.25. The number of nitrogens with zero attached hydrogens (tertiary/aromatic N) is 4. The number of piperidine rings is 1. The Hall–Kier alpha value is -1.73. The van der Waals surface area contributed by atoms with Crippen molar-refractivity contribution in [2.75, 3.05) is 6.54 Å². The molecule has 1 amide bonds. The lowest BCUT2D eigenvalue weighted by atomic mass is 10.0. The van der Waals surface area contributed by atoms with Crippen LogP contribution in [0.5, 0.6) is 0 Å². The molecule has 0 aromatic carbocycles. The molecule has 1 N–H and O–H groups in total. The molecule has 25 heavy (non-hydrogen) atoms. The lowest BCUT2D eigenvalue weighted by molar-refractivity contribution is 0.0724. The van der Waals surface area contributed by atoms with Gasteiger partial charge in [-0.25, -0.2) is 0 Å². The number of carbonyl (C=O) groups excluding carboxylic acids is 1. The molecule has 0 spiro atoms. The van der Waals surface area contributed by atoms with Crippen LogP contribution in [0.4, 0.5) is 0 Å². The van der Waals surface area contributed by atoms with E-state index in [9.17, 15) is 4.79 Å². The number of aryl methyl sites for hydroxylation is 1. The zero-order valence-electron chi connectivity index (χ0n) is 14.4. The molecule has 1 aliphatic heterocycles. The van der Waals surface area contributed by atoms with Crippen LogP contribution in [0, 0.1) is 0 Å².